The molecule has 35 heavy (non-hydrogen) atoms. The van der Waals surface area contributed by atoms with Crippen LogP contribution in [0.15, 0.2) is 91.0 Å². The zero-order valence-electron chi connectivity index (χ0n) is 19.3. The molecule has 3 aromatic rings. The average Bonchev–Trinajstić information content (AvgIpc) is 3.43. The Morgan fingerprint density at radius 1 is 0.857 bits per heavy atom. The van der Waals surface area contributed by atoms with Crippen molar-refractivity contribution in [2.24, 2.45) is 11.8 Å². The van der Waals surface area contributed by atoms with Crippen LogP contribution in [0.2, 0.25) is 0 Å². The van der Waals surface area contributed by atoms with E-state index < -0.39 is 17.4 Å². The van der Waals surface area contributed by atoms with E-state index in [9.17, 15) is 14.4 Å². The van der Waals surface area contributed by atoms with Crippen LogP contribution in [0.4, 0.5) is 11.4 Å². The summed E-state index contributed by atoms with van der Waals surface area (Å²) in [4.78, 5) is 44.5. The van der Waals surface area contributed by atoms with Crippen molar-refractivity contribution in [2.75, 3.05) is 16.3 Å². The molecule has 3 heterocycles. The van der Waals surface area contributed by atoms with E-state index in [0.29, 0.717) is 12.2 Å². The molecule has 6 rings (SSSR count). The van der Waals surface area contributed by atoms with Gasteiger partial charge in [0.05, 0.1) is 17.5 Å². The van der Waals surface area contributed by atoms with E-state index in [1.807, 2.05) is 79.7 Å². The van der Waals surface area contributed by atoms with Gasteiger partial charge in [-0.1, -0.05) is 78.9 Å². The Labute approximate surface area is 203 Å². The van der Waals surface area contributed by atoms with Gasteiger partial charge in [0.2, 0.25) is 11.8 Å². The number of imide groups is 1. The molecule has 3 aliphatic rings. The first-order valence-electron chi connectivity index (χ1n) is 11.9. The fourth-order valence-corrected chi connectivity index (χ4v) is 5.98. The van der Waals surface area contributed by atoms with E-state index in [-0.39, 0.29) is 23.8 Å². The van der Waals surface area contributed by atoms with Crippen LogP contribution in [0, 0.1) is 11.8 Å². The molecule has 1 spiro atoms. The molecule has 3 amide bonds. The number of nitrogens with one attached hydrogen (secondary N) is 1. The first kappa shape index (κ1) is 21.5. The van der Waals surface area contributed by atoms with Crippen LogP contribution in [0.3, 0.4) is 0 Å². The van der Waals surface area contributed by atoms with Crippen molar-refractivity contribution in [3.8, 4) is 0 Å². The van der Waals surface area contributed by atoms with Crippen LogP contribution in [-0.2, 0) is 19.9 Å². The van der Waals surface area contributed by atoms with Gasteiger partial charge in [0.15, 0.2) is 0 Å². The van der Waals surface area contributed by atoms with Gasteiger partial charge in [0.25, 0.3) is 5.91 Å². The van der Waals surface area contributed by atoms with Crippen molar-refractivity contribution in [2.45, 2.75) is 18.5 Å². The smallest absolute Gasteiger partial charge is 0.253 e. The fourth-order valence-electron chi connectivity index (χ4n) is 5.98. The van der Waals surface area contributed by atoms with Gasteiger partial charge < -0.3 is 4.90 Å². The molecule has 0 aromatic heterocycles. The number of rotatable bonds is 4. The van der Waals surface area contributed by atoms with Crippen LogP contribution in [-0.4, -0.2) is 30.3 Å². The van der Waals surface area contributed by atoms with Crippen LogP contribution in [0.1, 0.15) is 18.1 Å². The molecule has 1 N–H and O–H groups in total. The van der Waals surface area contributed by atoms with Crippen LogP contribution in [0.25, 0.3) is 6.08 Å². The molecular formula is C29H25N3O3. The van der Waals surface area contributed by atoms with E-state index in [1.54, 1.807) is 29.2 Å². The Bertz CT molecular complexity index is 1350. The highest BCUT2D eigenvalue weighted by Crippen LogP contribution is 2.54. The van der Waals surface area contributed by atoms with Gasteiger partial charge >= 0.3 is 0 Å². The van der Waals surface area contributed by atoms with Crippen LogP contribution >= 0.6 is 0 Å². The van der Waals surface area contributed by atoms with Crippen molar-refractivity contribution in [1.29, 1.82) is 0 Å². The molecule has 6 heteroatoms. The van der Waals surface area contributed by atoms with Crippen molar-refractivity contribution in [1.82, 2.24) is 5.32 Å². The Kier molecular flexibility index (Phi) is 4.93. The highest BCUT2D eigenvalue weighted by molar-refractivity contribution is 6.26. The summed E-state index contributed by atoms with van der Waals surface area (Å²) >= 11 is 0. The van der Waals surface area contributed by atoms with Gasteiger partial charge in [-0.25, -0.2) is 4.90 Å². The topological polar surface area (TPSA) is 69.7 Å². The fraction of sp³-hybridized carbons (Fsp3) is 0.207. The molecule has 2 saturated heterocycles. The maximum atomic E-state index is 14.2. The zero-order chi connectivity index (χ0) is 24.2. The minimum atomic E-state index is -1.27. The second kappa shape index (κ2) is 8.03. The summed E-state index contributed by atoms with van der Waals surface area (Å²) in [6, 6.07) is 26.1. The number of benzene rings is 3. The quantitative estimate of drug-likeness (QED) is 0.599. The zero-order valence-corrected chi connectivity index (χ0v) is 19.3. The number of carbonyl (C=O) groups excluding carboxylic acids is 3. The van der Waals surface area contributed by atoms with Gasteiger partial charge in [-0.2, -0.15) is 0 Å². The normalized spacial score (nSPS) is 27.3. The van der Waals surface area contributed by atoms with E-state index in [1.165, 1.54) is 4.90 Å². The molecular weight excluding hydrogens is 438 g/mol. The highest BCUT2D eigenvalue weighted by Gasteiger charge is 2.70. The molecule has 174 valence electrons. The number of hydrogen-bond acceptors (Lipinski definition) is 4. The lowest BCUT2D eigenvalue weighted by Crippen LogP contribution is -2.55. The van der Waals surface area contributed by atoms with Gasteiger partial charge in [-0.3, -0.25) is 19.7 Å². The number of fused-ring (bicyclic) bond motifs is 4. The summed E-state index contributed by atoms with van der Waals surface area (Å²) in [5.41, 5.74) is 1.85. The van der Waals surface area contributed by atoms with Crippen molar-refractivity contribution in [3.05, 3.63) is 102 Å². The number of carbonyl (C=O) groups is 3. The van der Waals surface area contributed by atoms with Crippen molar-refractivity contribution < 1.29 is 14.4 Å². The predicted molar refractivity (Wildman–Crippen MR) is 134 cm³/mol. The second-order valence-corrected chi connectivity index (χ2v) is 9.34. The second-order valence-electron chi connectivity index (χ2n) is 9.34. The molecule has 3 aromatic carbocycles. The number of hydrogen-bond donors (Lipinski definition) is 1. The maximum absolute atomic E-state index is 14.2. The van der Waals surface area contributed by atoms with Gasteiger partial charge in [0, 0.05) is 23.8 Å². The van der Waals surface area contributed by atoms with E-state index >= 15 is 0 Å². The van der Waals surface area contributed by atoms with Crippen molar-refractivity contribution >= 4 is 35.2 Å². The molecule has 0 radical (unpaired) electrons. The summed E-state index contributed by atoms with van der Waals surface area (Å²) in [5.74, 6) is -2.18. The summed E-state index contributed by atoms with van der Waals surface area (Å²) in [5, 5.41) is 3.42. The Morgan fingerprint density at radius 3 is 2.26 bits per heavy atom. The third-order valence-corrected chi connectivity index (χ3v) is 7.43. The third-order valence-electron chi connectivity index (χ3n) is 7.43. The number of anilines is 2. The Hall–Kier alpha value is -4.03. The SMILES string of the molecule is CC1NC2(C(=O)N(C/C=C\c3ccccc3)c3ccccc32)C2C(=O)N(c3ccccc3)C(=O)C12. The van der Waals surface area contributed by atoms with E-state index in [0.717, 1.165) is 16.8 Å². The standard InChI is InChI=1S/C29H25N3O3/c1-19-24-25(27(34)32(26(24)33)21-14-6-3-7-15-21)29(30-19)22-16-8-9-17-23(22)31(28(29)35)18-10-13-20-11-4-2-5-12-20/h2-17,19,24-25,30H,18H2,1H3/b13-10-. The van der Waals surface area contributed by atoms with Crippen molar-refractivity contribution in [3.63, 3.8) is 0 Å². The lowest BCUT2D eigenvalue weighted by atomic mass is 9.76. The maximum Gasteiger partial charge on any atom is 0.253 e. The third kappa shape index (κ3) is 3.03. The first-order chi connectivity index (χ1) is 17.0. The summed E-state index contributed by atoms with van der Waals surface area (Å²) in [6.07, 6.45) is 3.94. The van der Waals surface area contributed by atoms with Gasteiger partial charge in [0.1, 0.15) is 5.54 Å². The molecule has 4 unspecified atom stereocenters. The Morgan fingerprint density at radius 2 is 1.51 bits per heavy atom. The minimum Gasteiger partial charge on any atom is -0.306 e. The largest absolute Gasteiger partial charge is 0.306 e. The molecule has 4 atom stereocenters. The van der Waals surface area contributed by atoms with E-state index in [4.69, 9.17) is 0 Å². The highest BCUT2D eigenvalue weighted by atomic mass is 16.2. The Balaban J connectivity index is 1.40. The van der Waals surface area contributed by atoms with Crippen LogP contribution < -0.4 is 15.1 Å². The number of amides is 3. The lowest BCUT2D eigenvalue weighted by Gasteiger charge is -2.30. The molecule has 0 saturated carbocycles. The molecule has 0 aliphatic carbocycles. The monoisotopic (exact) mass is 463 g/mol. The summed E-state index contributed by atoms with van der Waals surface area (Å²) < 4.78 is 0. The number of nitrogens with zero attached hydrogens (tertiary/aromatic N) is 2. The molecule has 3 aliphatic heterocycles. The van der Waals surface area contributed by atoms with E-state index in [2.05, 4.69) is 5.32 Å². The predicted octanol–water partition coefficient (Wildman–Crippen LogP) is 3.74. The first-order valence-corrected chi connectivity index (χ1v) is 11.9. The van der Waals surface area contributed by atoms with Gasteiger partial charge in [-0.15, -0.1) is 0 Å². The van der Waals surface area contributed by atoms with Crippen LogP contribution in [0.5, 0.6) is 0 Å². The molecule has 6 nitrogen and oxygen atoms in total. The summed E-state index contributed by atoms with van der Waals surface area (Å²) in [7, 11) is 0. The average molecular weight is 464 g/mol. The van der Waals surface area contributed by atoms with Gasteiger partial charge in [-0.05, 0) is 30.7 Å². The number of para-hydroxylation sites is 2. The molecule has 0 bridgehead atoms. The minimum absolute atomic E-state index is 0.188. The molecule has 2 fully saturated rings. The summed E-state index contributed by atoms with van der Waals surface area (Å²) in [6.45, 7) is 2.25. The lowest BCUT2D eigenvalue weighted by molar-refractivity contribution is -0.132.